The number of hydrogen-bond donors (Lipinski definition) is 0. The molecule has 3 heteroatoms. The molecule has 15 heavy (non-hydrogen) atoms. The molecular formula is C12H15ClO2. The molecule has 0 saturated carbocycles. The summed E-state index contributed by atoms with van der Waals surface area (Å²) >= 11 is 5.72. The molecule has 1 fully saturated rings. The third-order valence-electron chi connectivity index (χ3n) is 2.68. The molecule has 0 N–H and O–H groups in total. The second-order valence-electron chi connectivity index (χ2n) is 3.81. The van der Waals surface area contributed by atoms with E-state index in [1.165, 1.54) is 5.56 Å². The quantitative estimate of drug-likeness (QED) is 0.738. The first-order valence-electron chi connectivity index (χ1n) is 5.19. The van der Waals surface area contributed by atoms with Crippen LogP contribution in [0.3, 0.4) is 0 Å². The van der Waals surface area contributed by atoms with E-state index in [4.69, 9.17) is 21.1 Å². The smallest absolute Gasteiger partial charge is 0.164 e. The topological polar surface area (TPSA) is 18.5 Å². The van der Waals surface area contributed by atoms with Gasteiger partial charge in [-0.15, -0.1) is 11.6 Å². The standard InChI is InChI=1S/C12H15ClO2/c1-9(10-5-3-2-4-6-10)12-14-8-11(7-13)15-12/h2-6,9,11-12H,7-8H2,1H3. The summed E-state index contributed by atoms with van der Waals surface area (Å²) in [5.74, 6) is 0.747. The minimum Gasteiger partial charge on any atom is -0.349 e. The summed E-state index contributed by atoms with van der Waals surface area (Å²) < 4.78 is 11.2. The second-order valence-corrected chi connectivity index (χ2v) is 4.12. The van der Waals surface area contributed by atoms with Gasteiger partial charge in [0, 0.05) is 5.92 Å². The molecule has 1 aromatic carbocycles. The molecule has 1 saturated heterocycles. The first kappa shape index (κ1) is 10.9. The Bertz CT molecular complexity index is 302. The highest BCUT2D eigenvalue weighted by molar-refractivity contribution is 6.18. The summed E-state index contributed by atoms with van der Waals surface area (Å²) in [7, 11) is 0. The number of halogens is 1. The predicted molar refractivity (Wildman–Crippen MR) is 60.2 cm³/mol. The molecule has 1 aliphatic heterocycles. The molecular weight excluding hydrogens is 212 g/mol. The van der Waals surface area contributed by atoms with Crippen molar-refractivity contribution in [2.75, 3.05) is 12.5 Å². The summed E-state index contributed by atoms with van der Waals surface area (Å²) in [5, 5.41) is 0. The molecule has 0 amide bonds. The van der Waals surface area contributed by atoms with E-state index in [1.807, 2.05) is 18.2 Å². The summed E-state index contributed by atoms with van der Waals surface area (Å²) in [6, 6.07) is 10.2. The fourth-order valence-corrected chi connectivity index (χ4v) is 1.89. The van der Waals surface area contributed by atoms with Crippen LogP contribution in [0.25, 0.3) is 0 Å². The number of hydrogen-bond acceptors (Lipinski definition) is 2. The van der Waals surface area contributed by atoms with Gasteiger partial charge in [-0.3, -0.25) is 0 Å². The number of alkyl halides is 1. The van der Waals surface area contributed by atoms with E-state index >= 15 is 0 Å². The van der Waals surface area contributed by atoms with Gasteiger partial charge in [0.25, 0.3) is 0 Å². The number of rotatable bonds is 3. The molecule has 2 rings (SSSR count). The van der Waals surface area contributed by atoms with Gasteiger partial charge in [0.15, 0.2) is 6.29 Å². The van der Waals surface area contributed by atoms with Crippen LogP contribution >= 0.6 is 11.6 Å². The largest absolute Gasteiger partial charge is 0.349 e. The molecule has 0 aliphatic carbocycles. The van der Waals surface area contributed by atoms with Crippen molar-refractivity contribution in [3.05, 3.63) is 35.9 Å². The van der Waals surface area contributed by atoms with Crippen LogP contribution in [-0.2, 0) is 9.47 Å². The van der Waals surface area contributed by atoms with Crippen molar-refractivity contribution in [3.8, 4) is 0 Å². The molecule has 1 aromatic rings. The van der Waals surface area contributed by atoms with Crippen molar-refractivity contribution >= 4 is 11.6 Å². The van der Waals surface area contributed by atoms with Crippen LogP contribution in [0, 0.1) is 0 Å². The third kappa shape index (κ3) is 2.51. The molecule has 1 aliphatic rings. The first-order valence-corrected chi connectivity index (χ1v) is 5.72. The maximum atomic E-state index is 5.72. The molecule has 0 aromatic heterocycles. The van der Waals surface area contributed by atoms with E-state index in [0.717, 1.165) is 0 Å². The highest BCUT2D eigenvalue weighted by Gasteiger charge is 2.30. The lowest BCUT2D eigenvalue weighted by Crippen LogP contribution is -2.19. The Morgan fingerprint density at radius 2 is 2.13 bits per heavy atom. The summed E-state index contributed by atoms with van der Waals surface area (Å²) in [6.45, 7) is 2.71. The fourth-order valence-electron chi connectivity index (χ4n) is 1.73. The SMILES string of the molecule is CC(c1ccccc1)C1OCC(CCl)O1. The monoisotopic (exact) mass is 226 g/mol. The van der Waals surface area contributed by atoms with E-state index in [1.54, 1.807) is 0 Å². The van der Waals surface area contributed by atoms with Gasteiger partial charge in [-0.2, -0.15) is 0 Å². The Kier molecular flexibility index (Phi) is 3.62. The van der Waals surface area contributed by atoms with Crippen molar-refractivity contribution in [1.82, 2.24) is 0 Å². The van der Waals surface area contributed by atoms with E-state index in [-0.39, 0.29) is 18.3 Å². The van der Waals surface area contributed by atoms with Crippen LogP contribution in [0.5, 0.6) is 0 Å². The van der Waals surface area contributed by atoms with Crippen molar-refractivity contribution in [2.45, 2.75) is 25.2 Å². The lowest BCUT2D eigenvalue weighted by molar-refractivity contribution is -0.0686. The summed E-state index contributed by atoms with van der Waals surface area (Å²) in [6.07, 6.45) is -0.112. The van der Waals surface area contributed by atoms with Gasteiger partial charge >= 0.3 is 0 Å². The zero-order valence-corrected chi connectivity index (χ0v) is 9.48. The summed E-state index contributed by atoms with van der Waals surface area (Å²) in [5.41, 5.74) is 1.23. The molecule has 0 spiro atoms. The van der Waals surface area contributed by atoms with Crippen LogP contribution in [0.2, 0.25) is 0 Å². The minimum absolute atomic E-state index is 0.0443. The zero-order chi connectivity index (χ0) is 10.7. The van der Waals surface area contributed by atoms with Crippen molar-refractivity contribution in [2.24, 2.45) is 0 Å². The number of benzene rings is 1. The Balaban J connectivity index is 2.00. The van der Waals surface area contributed by atoms with E-state index < -0.39 is 0 Å². The molecule has 2 nitrogen and oxygen atoms in total. The fraction of sp³-hybridized carbons (Fsp3) is 0.500. The van der Waals surface area contributed by atoms with Crippen molar-refractivity contribution in [1.29, 1.82) is 0 Å². The normalized spacial score (nSPS) is 27.9. The maximum absolute atomic E-state index is 5.72. The average Bonchev–Trinajstić information content (AvgIpc) is 2.78. The molecule has 1 heterocycles. The Labute approximate surface area is 95.1 Å². The maximum Gasteiger partial charge on any atom is 0.164 e. The number of ether oxygens (including phenoxy) is 2. The van der Waals surface area contributed by atoms with Gasteiger partial charge in [0.2, 0.25) is 0 Å². The Hall–Kier alpha value is -0.570. The molecule has 3 unspecified atom stereocenters. The molecule has 0 radical (unpaired) electrons. The van der Waals surface area contributed by atoms with Gasteiger partial charge in [0.1, 0.15) is 0 Å². The highest BCUT2D eigenvalue weighted by Crippen LogP contribution is 2.27. The van der Waals surface area contributed by atoms with Gasteiger partial charge in [0.05, 0.1) is 18.6 Å². The average molecular weight is 227 g/mol. The first-order chi connectivity index (χ1) is 7.31. The molecule has 82 valence electrons. The second kappa shape index (κ2) is 4.97. The van der Waals surface area contributed by atoms with Gasteiger partial charge in [-0.05, 0) is 5.56 Å². The van der Waals surface area contributed by atoms with Crippen LogP contribution in [0.1, 0.15) is 18.4 Å². The van der Waals surface area contributed by atoms with E-state index in [2.05, 4.69) is 19.1 Å². The van der Waals surface area contributed by atoms with Crippen molar-refractivity contribution < 1.29 is 9.47 Å². The summed E-state index contributed by atoms with van der Waals surface area (Å²) in [4.78, 5) is 0. The third-order valence-corrected chi connectivity index (χ3v) is 3.02. The van der Waals surface area contributed by atoms with Gasteiger partial charge < -0.3 is 9.47 Å². The van der Waals surface area contributed by atoms with E-state index in [0.29, 0.717) is 12.5 Å². The van der Waals surface area contributed by atoms with Gasteiger partial charge in [-0.1, -0.05) is 37.3 Å². The predicted octanol–water partition coefficient (Wildman–Crippen LogP) is 2.77. The van der Waals surface area contributed by atoms with Crippen molar-refractivity contribution in [3.63, 3.8) is 0 Å². The van der Waals surface area contributed by atoms with Gasteiger partial charge in [-0.25, -0.2) is 0 Å². The minimum atomic E-state index is -0.156. The lowest BCUT2D eigenvalue weighted by Gasteiger charge is -2.18. The van der Waals surface area contributed by atoms with E-state index in [9.17, 15) is 0 Å². The molecule has 0 bridgehead atoms. The Morgan fingerprint density at radius 3 is 2.73 bits per heavy atom. The van der Waals surface area contributed by atoms with Crippen LogP contribution in [-0.4, -0.2) is 24.9 Å². The highest BCUT2D eigenvalue weighted by atomic mass is 35.5. The lowest BCUT2D eigenvalue weighted by atomic mass is 10.0. The Morgan fingerprint density at radius 1 is 1.40 bits per heavy atom. The molecule has 3 atom stereocenters. The zero-order valence-electron chi connectivity index (χ0n) is 8.73. The van der Waals surface area contributed by atoms with Crippen LogP contribution in [0.4, 0.5) is 0 Å². The van der Waals surface area contributed by atoms with Crippen LogP contribution in [0.15, 0.2) is 30.3 Å². The van der Waals surface area contributed by atoms with Crippen LogP contribution < -0.4 is 0 Å².